The van der Waals surface area contributed by atoms with Gasteiger partial charge in [0.2, 0.25) is 11.8 Å². The van der Waals surface area contributed by atoms with Crippen molar-refractivity contribution in [2.45, 2.75) is 89.5 Å². The van der Waals surface area contributed by atoms with Gasteiger partial charge in [0.05, 0.1) is 19.3 Å². The average Bonchev–Trinajstić information content (AvgIpc) is 2.94. The minimum absolute atomic E-state index is 0.0223. The van der Waals surface area contributed by atoms with Crippen LogP contribution in [-0.2, 0) is 34.5 Å². The number of halogens is 2. The van der Waals surface area contributed by atoms with E-state index in [0.29, 0.717) is 36.3 Å². The monoisotopic (exact) mass is 635 g/mol. The van der Waals surface area contributed by atoms with Gasteiger partial charge in [-0.1, -0.05) is 23.7 Å². The van der Waals surface area contributed by atoms with Crippen LogP contribution >= 0.6 is 19.2 Å². The fourth-order valence-corrected chi connectivity index (χ4v) is 6.71. The van der Waals surface area contributed by atoms with E-state index in [1.807, 2.05) is 0 Å². The summed E-state index contributed by atoms with van der Waals surface area (Å²) in [5.74, 6) is -2.78. The zero-order valence-electron chi connectivity index (χ0n) is 24.7. The van der Waals surface area contributed by atoms with Crippen LogP contribution in [-0.4, -0.2) is 79.3 Å². The maximum atomic E-state index is 13.8. The molecule has 14 heteroatoms. The summed E-state index contributed by atoms with van der Waals surface area (Å²) in [6, 6.07) is 4.45. The van der Waals surface area contributed by atoms with Crippen molar-refractivity contribution in [3.63, 3.8) is 0 Å². The lowest BCUT2D eigenvalue weighted by Crippen LogP contribution is -2.53. The lowest BCUT2D eigenvalue weighted by atomic mass is 9.83. The molecule has 0 saturated heterocycles. The molecule has 42 heavy (non-hydrogen) atoms. The highest BCUT2D eigenvalue weighted by Crippen LogP contribution is 2.53. The molecule has 2 rings (SSSR count). The molecule has 0 aromatic heterocycles. The molecule has 0 bridgehead atoms. The second-order valence-corrected chi connectivity index (χ2v) is 13.0. The Morgan fingerprint density at radius 3 is 2.33 bits per heavy atom. The zero-order valence-corrected chi connectivity index (χ0v) is 26.4. The van der Waals surface area contributed by atoms with Crippen molar-refractivity contribution in [3.8, 4) is 0 Å². The van der Waals surface area contributed by atoms with E-state index >= 15 is 0 Å². The van der Waals surface area contributed by atoms with E-state index < -0.39 is 43.7 Å². The van der Waals surface area contributed by atoms with Crippen LogP contribution in [0.3, 0.4) is 0 Å². The molecule has 0 spiro atoms. The summed E-state index contributed by atoms with van der Waals surface area (Å²) in [5.41, 5.74) is 0.649. The van der Waals surface area contributed by atoms with Crippen molar-refractivity contribution in [2.75, 3.05) is 27.3 Å². The number of amides is 3. The Balaban J connectivity index is 2.24. The van der Waals surface area contributed by atoms with Crippen LogP contribution in [0, 0.1) is 5.92 Å². The molecule has 1 aliphatic rings. The Labute approximate surface area is 252 Å². The summed E-state index contributed by atoms with van der Waals surface area (Å²) in [6.07, 6.45) is 0.0810. The summed E-state index contributed by atoms with van der Waals surface area (Å²) in [6.45, 7) is 3.04. The minimum Gasteiger partial charge on any atom is -0.445 e. The fourth-order valence-electron chi connectivity index (χ4n) is 4.73. The first-order valence-electron chi connectivity index (χ1n) is 14.3. The Morgan fingerprint density at radius 1 is 1.12 bits per heavy atom. The number of hydrogen-bond acceptors (Lipinski definition) is 8. The predicted molar refractivity (Wildman–Crippen MR) is 157 cm³/mol. The van der Waals surface area contributed by atoms with E-state index in [-0.39, 0.29) is 50.9 Å². The molecule has 0 radical (unpaired) electrons. The second kappa shape index (κ2) is 17.8. The average molecular weight is 636 g/mol. The largest absolute Gasteiger partial charge is 0.445 e. The van der Waals surface area contributed by atoms with Crippen LogP contribution in [0.2, 0.25) is 5.02 Å². The Bertz CT molecular complexity index is 1060. The lowest BCUT2D eigenvalue weighted by molar-refractivity contribution is -0.130. The number of carbonyl (C=O) groups excluding carboxylic acids is 3. The lowest BCUT2D eigenvalue weighted by Gasteiger charge is -2.32. The van der Waals surface area contributed by atoms with Crippen LogP contribution in [0.5, 0.6) is 0 Å². The van der Waals surface area contributed by atoms with Gasteiger partial charge in [0.1, 0.15) is 18.8 Å². The number of aliphatic hydroxyl groups excluding tert-OH is 1. The van der Waals surface area contributed by atoms with Gasteiger partial charge in [-0.05, 0) is 76.0 Å². The van der Waals surface area contributed by atoms with E-state index in [1.165, 1.54) is 4.90 Å². The van der Waals surface area contributed by atoms with Gasteiger partial charge >= 0.3 is 13.7 Å². The molecule has 1 aromatic carbocycles. The Morgan fingerprint density at radius 2 is 1.76 bits per heavy atom. The van der Waals surface area contributed by atoms with Crippen molar-refractivity contribution in [3.05, 3.63) is 34.9 Å². The third-order valence-corrected chi connectivity index (χ3v) is 9.49. The molecule has 1 saturated carbocycles. The number of aliphatic hydroxyl groups is 1. The number of alkyl carbamates (subject to hydrolysis) is 1. The van der Waals surface area contributed by atoms with Gasteiger partial charge in [-0.15, -0.1) is 0 Å². The fraction of sp³-hybridized carbons (Fsp3) is 0.679. The maximum absolute atomic E-state index is 13.8. The summed E-state index contributed by atoms with van der Waals surface area (Å²) in [5, 5.41) is 16.9. The summed E-state index contributed by atoms with van der Waals surface area (Å²) in [7, 11) is -0.967. The van der Waals surface area contributed by atoms with Crippen molar-refractivity contribution < 1.29 is 42.2 Å². The number of alkyl halides is 1. The second-order valence-electron chi connectivity index (χ2n) is 10.5. The normalized spacial score (nSPS) is 19.3. The molecule has 0 heterocycles. The summed E-state index contributed by atoms with van der Waals surface area (Å²) < 4.78 is 43.0. The quantitative estimate of drug-likeness (QED) is 0.220. The number of nitrogens with one attached hydrogen (secondary N) is 2. The molecule has 1 aliphatic carbocycles. The predicted octanol–water partition coefficient (Wildman–Crippen LogP) is 4.79. The number of nitrogens with zero attached hydrogens (tertiary/aromatic N) is 1. The molecule has 3 amide bonds. The minimum atomic E-state index is -4.10. The van der Waals surface area contributed by atoms with E-state index in [1.54, 1.807) is 52.2 Å². The number of carbonyl (C=O) groups is 3. The van der Waals surface area contributed by atoms with Crippen molar-refractivity contribution in [1.82, 2.24) is 15.5 Å². The molecule has 3 atom stereocenters. The van der Waals surface area contributed by atoms with Crippen LogP contribution in [0.4, 0.5) is 9.18 Å². The molecule has 1 aromatic rings. The number of rotatable bonds is 16. The topological polar surface area (TPSA) is 144 Å². The van der Waals surface area contributed by atoms with E-state index in [4.69, 9.17) is 25.4 Å². The highest BCUT2D eigenvalue weighted by molar-refractivity contribution is 7.54. The highest BCUT2D eigenvalue weighted by Gasteiger charge is 2.42. The number of hydrogen-bond donors (Lipinski definition) is 3. The highest BCUT2D eigenvalue weighted by atomic mass is 35.5. The van der Waals surface area contributed by atoms with Gasteiger partial charge in [-0.2, -0.15) is 0 Å². The first-order valence-corrected chi connectivity index (χ1v) is 16.3. The molecule has 2 unspecified atom stereocenters. The zero-order chi connectivity index (χ0) is 31.3. The smallest absolute Gasteiger partial charge is 0.408 e. The molecule has 3 N–H and O–H groups in total. The van der Waals surface area contributed by atoms with E-state index in [2.05, 4.69) is 10.6 Å². The Hall–Kier alpha value is -2.24. The summed E-state index contributed by atoms with van der Waals surface area (Å²) in [4.78, 5) is 40.1. The standard InChI is InChI=1S/C28H44ClFN3O8P/c1-5-40-42(38,41-6-2)27(36)23(14-15-25(34)33(3)4)31-26(35)24(17-19-10-12-22(30)13-11-19)32-28(37)39-18-20-8-7-9-21(29)16-20/h7-9,16,19,22-24,27,36H,5-6,10-15,17-18H2,1-4H3,(H,31,35)(H,32,37)/t19?,22?,23-,24?,27?/m0/s1. The van der Waals surface area contributed by atoms with E-state index in [9.17, 15) is 28.4 Å². The van der Waals surface area contributed by atoms with Crippen LogP contribution in [0.25, 0.3) is 0 Å². The Kier molecular flexibility index (Phi) is 15.2. The van der Waals surface area contributed by atoms with Gasteiger partial charge in [0.15, 0.2) is 5.85 Å². The van der Waals surface area contributed by atoms with Gasteiger partial charge < -0.3 is 34.4 Å². The maximum Gasteiger partial charge on any atom is 0.408 e. The molecule has 11 nitrogen and oxygen atoms in total. The first-order chi connectivity index (χ1) is 19.9. The summed E-state index contributed by atoms with van der Waals surface area (Å²) >= 11 is 5.99. The van der Waals surface area contributed by atoms with Crippen LogP contribution < -0.4 is 10.6 Å². The molecule has 1 fully saturated rings. The van der Waals surface area contributed by atoms with Crippen molar-refractivity contribution in [2.24, 2.45) is 5.92 Å². The van der Waals surface area contributed by atoms with Crippen molar-refractivity contribution >= 4 is 37.1 Å². The first kappa shape index (κ1) is 36.0. The third kappa shape index (κ3) is 11.8. The number of benzene rings is 1. The molecule has 0 aliphatic heterocycles. The molecule has 238 valence electrons. The van der Waals surface area contributed by atoms with Gasteiger partial charge in [0, 0.05) is 25.5 Å². The van der Waals surface area contributed by atoms with Crippen LogP contribution in [0.1, 0.15) is 64.4 Å². The van der Waals surface area contributed by atoms with Crippen molar-refractivity contribution in [1.29, 1.82) is 0 Å². The molecular weight excluding hydrogens is 592 g/mol. The van der Waals surface area contributed by atoms with Gasteiger partial charge in [0.25, 0.3) is 0 Å². The van der Waals surface area contributed by atoms with Gasteiger partial charge in [-0.3, -0.25) is 14.2 Å². The van der Waals surface area contributed by atoms with Crippen LogP contribution in [0.15, 0.2) is 24.3 Å². The van der Waals surface area contributed by atoms with E-state index in [0.717, 1.165) is 0 Å². The number of ether oxygens (including phenoxy) is 1. The SMILES string of the molecule is CCOP(=O)(OCC)C(O)[C@H](CCC(=O)N(C)C)NC(=O)C(CC1CCC(F)CC1)NC(=O)OCc1cccc(Cl)c1. The molecular formula is C28H44ClFN3O8P. The van der Waals surface area contributed by atoms with Gasteiger partial charge in [-0.25, -0.2) is 9.18 Å². The third-order valence-electron chi connectivity index (χ3n) is 7.01.